The zero-order valence-electron chi connectivity index (χ0n) is 18.0. The zero-order chi connectivity index (χ0) is 22.9. The molecule has 0 fully saturated rings. The highest BCUT2D eigenvalue weighted by molar-refractivity contribution is 8.00. The van der Waals surface area contributed by atoms with E-state index in [1.807, 2.05) is 59.0 Å². The van der Waals surface area contributed by atoms with Crippen LogP contribution in [0.2, 0.25) is 0 Å². The minimum absolute atomic E-state index is 0.155. The Kier molecular flexibility index (Phi) is 5.23. The number of benzene rings is 3. The summed E-state index contributed by atoms with van der Waals surface area (Å²) < 4.78 is 13.1. The van der Waals surface area contributed by atoms with Crippen molar-refractivity contribution in [1.82, 2.24) is 19.6 Å². The van der Waals surface area contributed by atoms with Gasteiger partial charge in [-0.3, -0.25) is 9.20 Å². The number of carbonyl (C=O) groups is 1. The summed E-state index contributed by atoms with van der Waals surface area (Å²) in [6.07, 6.45) is 0. The van der Waals surface area contributed by atoms with E-state index < -0.39 is 0 Å². The van der Waals surface area contributed by atoms with Gasteiger partial charge in [0, 0.05) is 17.3 Å². The number of para-hydroxylation sites is 2. The molecule has 0 atom stereocenters. The predicted molar refractivity (Wildman–Crippen MR) is 131 cm³/mol. The van der Waals surface area contributed by atoms with E-state index in [1.54, 1.807) is 18.2 Å². The van der Waals surface area contributed by atoms with Gasteiger partial charge in [-0.05, 0) is 24.3 Å². The number of fused-ring (bicyclic) bond motifs is 4. The van der Waals surface area contributed by atoms with Gasteiger partial charge in [-0.2, -0.15) is 0 Å². The topological polar surface area (TPSA) is 90.6 Å². The SMILES string of the molecule is O=C(CSc1nc2ccccc2n2c(-c3ccccc3)nnc12)Nc1ccc2c(c1)OCCO2. The van der Waals surface area contributed by atoms with Crippen molar-refractivity contribution in [3.8, 4) is 22.9 Å². The van der Waals surface area contributed by atoms with Gasteiger partial charge >= 0.3 is 0 Å². The van der Waals surface area contributed by atoms with Crippen molar-refractivity contribution in [3.05, 3.63) is 72.8 Å². The molecule has 6 rings (SSSR count). The summed E-state index contributed by atoms with van der Waals surface area (Å²) in [7, 11) is 0. The Labute approximate surface area is 198 Å². The molecule has 3 aromatic carbocycles. The van der Waals surface area contributed by atoms with Crippen molar-refractivity contribution >= 4 is 40.0 Å². The largest absolute Gasteiger partial charge is 0.486 e. The number of amides is 1. The number of carbonyl (C=O) groups excluding carboxylic acids is 1. The maximum Gasteiger partial charge on any atom is 0.234 e. The summed E-state index contributed by atoms with van der Waals surface area (Å²) in [4.78, 5) is 17.5. The molecule has 0 saturated heterocycles. The molecule has 1 aliphatic rings. The Hall–Kier alpha value is -4.11. The van der Waals surface area contributed by atoms with E-state index in [4.69, 9.17) is 14.5 Å². The van der Waals surface area contributed by atoms with Crippen molar-refractivity contribution in [2.24, 2.45) is 0 Å². The zero-order valence-corrected chi connectivity index (χ0v) is 18.8. The lowest BCUT2D eigenvalue weighted by molar-refractivity contribution is -0.113. The quantitative estimate of drug-likeness (QED) is 0.380. The smallest absolute Gasteiger partial charge is 0.234 e. The highest BCUT2D eigenvalue weighted by atomic mass is 32.2. The number of nitrogens with zero attached hydrogens (tertiary/aromatic N) is 4. The average molecular weight is 470 g/mol. The fraction of sp³-hybridized carbons (Fsp3) is 0.120. The molecule has 0 radical (unpaired) electrons. The summed E-state index contributed by atoms with van der Waals surface area (Å²) in [5, 5.41) is 12.4. The second-order valence-corrected chi connectivity index (χ2v) is 8.61. The lowest BCUT2D eigenvalue weighted by Crippen LogP contribution is -2.17. The van der Waals surface area contributed by atoms with Gasteiger partial charge < -0.3 is 14.8 Å². The molecule has 0 bridgehead atoms. The molecule has 2 aromatic heterocycles. The van der Waals surface area contributed by atoms with Gasteiger partial charge in [0.1, 0.15) is 18.2 Å². The highest BCUT2D eigenvalue weighted by Crippen LogP contribution is 2.33. The molecule has 5 aromatic rings. The number of ether oxygens (including phenoxy) is 2. The molecular formula is C25H19N5O3S. The van der Waals surface area contributed by atoms with Crippen LogP contribution >= 0.6 is 11.8 Å². The van der Waals surface area contributed by atoms with Crippen LogP contribution in [0, 0.1) is 0 Å². The Morgan fingerprint density at radius 1 is 0.941 bits per heavy atom. The van der Waals surface area contributed by atoms with Crippen LogP contribution in [-0.4, -0.2) is 44.5 Å². The number of thioether (sulfide) groups is 1. The van der Waals surface area contributed by atoms with Gasteiger partial charge in [0.2, 0.25) is 5.91 Å². The third-order valence-corrected chi connectivity index (χ3v) is 6.35. The van der Waals surface area contributed by atoms with E-state index in [0.29, 0.717) is 41.1 Å². The molecule has 8 nitrogen and oxygen atoms in total. The second kappa shape index (κ2) is 8.68. The Balaban J connectivity index is 1.29. The van der Waals surface area contributed by atoms with E-state index >= 15 is 0 Å². The number of aromatic nitrogens is 4. The third kappa shape index (κ3) is 3.80. The molecule has 0 spiro atoms. The van der Waals surface area contributed by atoms with Crippen molar-refractivity contribution in [1.29, 1.82) is 0 Å². The van der Waals surface area contributed by atoms with Crippen LogP contribution in [0.3, 0.4) is 0 Å². The van der Waals surface area contributed by atoms with Crippen molar-refractivity contribution in [2.75, 3.05) is 24.3 Å². The van der Waals surface area contributed by atoms with Gasteiger partial charge in [-0.1, -0.05) is 54.2 Å². The van der Waals surface area contributed by atoms with Crippen LogP contribution in [0.1, 0.15) is 0 Å². The first kappa shape index (κ1) is 20.5. The number of rotatable bonds is 5. The van der Waals surface area contributed by atoms with Gasteiger partial charge in [0.05, 0.1) is 16.8 Å². The number of hydrogen-bond donors (Lipinski definition) is 1. The predicted octanol–water partition coefficient (Wildman–Crippen LogP) is 4.45. The van der Waals surface area contributed by atoms with Crippen molar-refractivity contribution in [2.45, 2.75) is 5.03 Å². The van der Waals surface area contributed by atoms with Crippen LogP contribution in [-0.2, 0) is 4.79 Å². The molecule has 34 heavy (non-hydrogen) atoms. The van der Waals surface area contributed by atoms with Crippen LogP contribution in [0.15, 0.2) is 77.8 Å². The van der Waals surface area contributed by atoms with Crippen molar-refractivity contribution < 1.29 is 14.3 Å². The molecule has 3 heterocycles. The fourth-order valence-electron chi connectivity index (χ4n) is 3.88. The second-order valence-electron chi connectivity index (χ2n) is 7.65. The lowest BCUT2D eigenvalue weighted by atomic mass is 10.2. The van der Waals surface area contributed by atoms with Gasteiger partial charge in [-0.15, -0.1) is 10.2 Å². The third-order valence-electron chi connectivity index (χ3n) is 5.40. The number of hydrogen-bond acceptors (Lipinski definition) is 7. The summed E-state index contributed by atoms with van der Waals surface area (Å²) in [5.41, 5.74) is 3.95. The first-order valence-corrected chi connectivity index (χ1v) is 11.8. The molecule has 1 N–H and O–H groups in total. The van der Waals surface area contributed by atoms with E-state index in [9.17, 15) is 4.79 Å². The first-order valence-electron chi connectivity index (χ1n) is 10.8. The van der Waals surface area contributed by atoms with Gasteiger partial charge in [-0.25, -0.2) is 4.98 Å². The van der Waals surface area contributed by atoms with Crippen molar-refractivity contribution in [3.63, 3.8) is 0 Å². The summed E-state index contributed by atoms with van der Waals surface area (Å²) in [5.74, 6) is 2.06. The van der Waals surface area contributed by atoms with Crippen LogP contribution in [0.4, 0.5) is 5.69 Å². The summed E-state index contributed by atoms with van der Waals surface area (Å²) in [6, 6.07) is 23.1. The molecule has 0 saturated carbocycles. The molecule has 1 amide bonds. The number of nitrogens with one attached hydrogen (secondary N) is 1. The minimum Gasteiger partial charge on any atom is -0.486 e. The standard InChI is InChI=1S/C25H19N5O3S/c31-22(26-17-10-11-20-21(14-17)33-13-12-32-20)15-34-25-24-29-28-23(16-6-2-1-3-7-16)30(24)19-9-5-4-8-18(19)27-25/h1-11,14H,12-13,15H2,(H,26,31). The van der Waals surface area contributed by atoms with E-state index in [1.165, 1.54) is 11.8 Å². The molecule has 0 unspecified atom stereocenters. The molecular weight excluding hydrogens is 450 g/mol. The van der Waals surface area contributed by atoms with E-state index in [-0.39, 0.29) is 11.7 Å². The lowest BCUT2D eigenvalue weighted by Gasteiger charge is -2.19. The van der Waals surface area contributed by atoms with Crippen LogP contribution in [0.5, 0.6) is 11.5 Å². The van der Waals surface area contributed by atoms with Gasteiger partial charge in [0.15, 0.2) is 23.0 Å². The summed E-state index contributed by atoms with van der Waals surface area (Å²) >= 11 is 1.33. The molecule has 168 valence electrons. The summed E-state index contributed by atoms with van der Waals surface area (Å²) in [6.45, 7) is 1.02. The van der Waals surface area contributed by atoms with E-state index in [2.05, 4.69) is 15.5 Å². The van der Waals surface area contributed by atoms with Crippen LogP contribution in [0.25, 0.3) is 28.1 Å². The Morgan fingerprint density at radius 2 is 1.74 bits per heavy atom. The highest BCUT2D eigenvalue weighted by Gasteiger charge is 2.18. The fourth-order valence-corrected chi connectivity index (χ4v) is 4.65. The maximum absolute atomic E-state index is 12.7. The normalized spacial score (nSPS) is 12.7. The Morgan fingerprint density at radius 3 is 2.62 bits per heavy atom. The Bertz CT molecular complexity index is 1520. The average Bonchev–Trinajstić information content (AvgIpc) is 3.34. The maximum atomic E-state index is 12.7. The van der Waals surface area contributed by atoms with Gasteiger partial charge in [0.25, 0.3) is 0 Å². The molecule has 1 aliphatic heterocycles. The monoisotopic (exact) mass is 469 g/mol. The molecule has 0 aliphatic carbocycles. The van der Waals surface area contributed by atoms with E-state index in [0.717, 1.165) is 22.4 Å². The molecule has 9 heteroatoms. The minimum atomic E-state index is -0.155. The first-order chi connectivity index (χ1) is 16.8. The number of anilines is 1. The van der Waals surface area contributed by atoms with Crippen LogP contribution < -0.4 is 14.8 Å².